The standard InChI is InChI=1S/C20H18S3/c1-2-3-7-14-11-12-18(22-14)20-16-9-5-4-8-15(16)19(23-20)17-10-6-13-21-17/h4-6,8-13H,2-3,7H2,1H3. The Kier molecular flexibility index (Phi) is 4.34. The molecule has 0 fully saturated rings. The van der Waals surface area contributed by atoms with Crippen molar-refractivity contribution in [2.75, 3.05) is 0 Å². The Morgan fingerprint density at radius 3 is 2.26 bits per heavy atom. The van der Waals surface area contributed by atoms with Crippen LogP contribution in [-0.4, -0.2) is 0 Å². The van der Waals surface area contributed by atoms with E-state index in [1.165, 1.54) is 54.4 Å². The monoisotopic (exact) mass is 354 g/mol. The molecule has 0 spiro atoms. The fraction of sp³-hybridized carbons (Fsp3) is 0.200. The minimum atomic E-state index is 1.21. The van der Waals surface area contributed by atoms with E-state index in [9.17, 15) is 0 Å². The van der Waals surface area contributed by atoms with Crippen molar-refractivity contribution >= 4 is 44.8 Å². The van der Waals surface area contributed by atoms with Crippen LogP contribution in [0.2, 0.25) is 0 Å². The molecule has 3 heteroatoms. The predicted molar refractivity (Wildman–Crippen MR) is 107 cm³/mol. The third-order valence-corrected chi connectivity index (χ3v) is 7.62. The highest BCUT2D eigenvalue weighted by molar-refractivity contribution is 7.27. The van der Waals surface area contributed by atoms with Gasteiger partial charge in [-0.25, -0.2) is 0 Å². The van der Waals surface area contributed by atoms with Crippen LogP contribution in [0.3, 0.4) is 0 Å². The number of aryl methyl sites for hydroxylation is 1. The van der Waals surface area contributed by atoms with E-state index in [-0.39, 0.29) is 0 Å². The van der Waals surface area contributed by atoms with Crippen LogP contribution in [-0.2, 0) is 6.42 Å². The molecule has 4 rings (SSSR count). The maximum Gasteiger partial charge on any atom is 0.0528 e. The summed E-state index contributed by atoms with van der Waals surface area (Å²) in [4.78, 5) is 7.14. The summed E-state index contributed by atoms with van der Waals surface area (Å²) in [5, 5.41) is 4.94. The Bertz CT molecular complexity index is 910. The molecule has 0 radical (unpaired) electrons. The molecule has 0 bridgehead atoms. The second-order valence-electron chi connectivity index (χ2n) is 5.65. The molecule has 0 nitrogen and oxygen atoms in total. The first kappa shape index (κ1) is 15.1. The highest BCUT2D eigenvalue weighted by Crippen LogP contribution is 2.46. The minimum Gasteiger partial charge on any atom is -0.143 e. The molecule has 0 aliphatic carbocycles. The molecule has 4 aromatic rings. The molecule has 0 N–H and O–H groups in total. The van der Waals surface area contributed by atoms with Gasteiger partial charge in [0.1, 0.15) is 0 Å². The number of benzene rings is 1. The maximum atomic E-state index is 2.31. The summed E-state index contributed by atoms with van der Waals surface area (Å²) in [6.45, 7) is 2.26. The van der Waals surface area contributed by atoms with Gasteiger partial charge < -0.3 is 0 Å². The number of thiophene rings is 3. The van der Waals surface area contributed by atoms with Gasteiger partial charge in [-0.1, -0.05) is 43.7 Å². The highest BCUT2D eigenvalue weighted by Gasteiger charge is 2.15. The Labute approximate surface area is 149 Å². The van der Waals surface area contributed by atoms with Crippen molar-refractivity contribution in [2.45, 2.75) is 26.2 Å². The average Bonchev–Trinajstić information content (AvgIpc) is 3.31. The van der Waals surface area contributed by atoms with Gasteiger partial charge in [0.15, 0.2) is 0 Å². The lowest BCUT2D eigenvalue weighted by molar-refractivity contribution is 0.804. The van der Waals surface area contributed by atoms with Crippen LogP contribution >= 0.6 is 34.0 Å². The summed E-state index contributed by atoms with van der Waals surface area (Å²) in [5.74, 6) is 0. The Balaban J connectivity index is 1.83. The van der Waals surface area contributed by atoms with Gasteiger partial charge >= 0.3 is 0 Å². The molecular weight excluding hydrogens is 336 g/mol. The van der Waals surface area contributed by atoms with Gasteiger partial charge in [-0.15, -0.1) is 34.0 Å². The summed E-state index contributed by atoms with van der Waals surface area (Å²) in [7, 11) is 0. The quantitative estimate of drug-likeness (QED) is 0.344. The largest absolute Gasteiger partial charge is 0.143 e. The predicted octanol–water partition coefficient (Wildman–Crippen LogP) is 7.70. The van der Waals surface area contributed by atoms with Crippen molar-refractivity contribution in [3.63, 3.8) is 0 Å². The van der Waals surface area contributed by atoms with E-state index in [1.54, 1.807) is 0 Å². The molecule has 0 aliphatic rings. The van der Waals surface area contributed by atoms with Crippen LogP contribution in [0, 0.1) is 0 Å². The summed E-state index contributed by atoms with van der Waals surface area (Å²) >= 11 is 5.74. The highest BCUT2D eigenvalue weighted by atomic mass is 32.1. The van der Waals surface area contributed by atoms with Crippen molar-refractivity contribution in [1.82, 2.24) is 0 Å². The topological polar surface area (TPSA) is 0 Å². The third kappa shape index (κ3) is 2.89. The molecule has 0 aliphatic heterocycles. The van der Waals surface area contributed by atoms with Crippen molar-refractivity contribution < 1.29 is 0 Å². The Morgan fingerprint density at radius 1 is 0.783 bits per heavy atom. The van der Waals surface area contributed by atoms with Crippen LogP contribution in [0.25, 0.3) is 30.3 Å². The van der Waals surface area contributed by atoms with Gasteiger partial charge in [-0.2, -0.15) is 0 Å². The molecule has 0 amide bonds. The maximum absolute atomic E-state index is 2.31. The van der Waals surface area contributed by atoms with Crippen LogP contribution in [0.15, 0.2) is 53.9 Å². The Morgan fingerprint density at radius 2 is 1.57 bits per heavy atom. The zero-order valence-electron chi connectivity index (χ0n) is 13.0. The van der Waals surface area contributed by atoms with Crippen molar-refractivity contribution in [3.05, 3.63) is 58.8 Å². The molecule has 0 saturated heterocycles. The van der Waals surface area contributed by atoms with E-state index in [0.29, 0.717) is 0 Å². The molecule has 0 saturated carbocycles. The molecule has 23 heavy (non-hydrogen) atoms. The molecule has 116 valence electrons. The second kappa shape index (κ2) is 6.60. The summed E-state index contributed by atoms with van der Waals surface area (Å²) < 4.78 is 0. The molecular formula is C20H18S3. The number of hydrogen-bond donors (Lipinski definition) is 0. The first-order valence-electron chi connectivity index (χ1n) is 8.01. The number of hydrogen-bond acceptors (Lipinski definition) is 3. The van der Waals surface area contributed by atoms with Crippen LogP contribution in [0.1, 0.15) is 24.6 Å². The lowest BCUT2D eigenvalue weighted by atomic mass is 10.1. The van der Waals surface area contributed by atoms with Crippen LogP contribution in [0.5, 0.6) is 0 Å². The summed E-state index contributed by atoms with van der Waals surface area (Å²) in [6.07, 6.45) is 3.76. The van der Waals surface area contributed by atoms with E-state index in [0.717, 1.165) is 0 Å². The van der Waals surface area contributed by atoms with Crippen molar-refractivity contribution in [1.29, 1.82) is 0 Å². The number of fused-ring (bicyclic) bond motifs is 1. The van der Waals surface area contributed by atoms with Gasteiger partial charge in [-0.05, 0) is 36.4 Å². The van der Waals surface area contributed by atoms with Gasteiger partial charge in [-0.3, -0.25) is 0 Å². The van der Waals surface area contributed by atoms with E-state index < -0.39 is 0 Å². The van der Waals surface area contributed by atoms with Gasteiger partial charge in [0.25, 0.3) is 0 Å². The smallest absolute Gasteiger partial charge is 0.0528 e. The van der Waals surface area contributed by atoms with E-state index in [4.69, 9.17) is 0 Å². The molecule has 1 aromatic carbocycles. The van der Waals surface area contributed by atoms with Crippen molar-refractivity contribution in [2.24, 2.45) is 0 Å². The zero-order valence-corrected chi connectivity index (χ0v) is 15.5. The summed E-state index contributed by atoms with van der Waals surface area (Å²) in [5.41, 5.74) is 0. The normalized spacial score (nSPS) is 11.3. The fourth-order valence-electron chi connectivity index (χ4n) is 2.85. The summed E-state index contributed by atoms with van der Waals surface area (Å²) in [6, 6.07) is 17.8. The molecule has 0 unspecified atom stereocenters. The Hall–Kier alpha value is -1.42. The lowest BCUT2D eigenvalue weighted by Gasteiger charge is -1.95. The fourth-order valence-corrected chi connectivity index (χ4v) is 6.17. The first-order valence-corrected chi connectivity index (χ1v) is 10.5. The molecule has 0 atom stereocenters. The van der Waals surface area contributed by atoms with Crippen molar-refractivity contribution in [3.8, 4) is 19.5 Å². The molecule has 3 heterocycles. The number of unbranched alkanes of at least 4 members (excludes halogenated alkanes) is 1. The van der Waals surface area contributed by atoms with Gasteiger partial charge in [0, 0.05) is 25.4 Å². The second-order valence-corrected chi connectivity index (χ2v) is 8.79. The van der Waals surface area contributed by atoms with Crippen LogP contribution in [0.4, 0.5) is 0 Å². The zero-order chi connectivity index (χ0) is 15.6. The molecule has 3 aromatic heterocycles. The first-order chi connectivity index (χ1) is 11.4. The van der Waals surface area contributed by atoms with E-state index >= 15 is 0 Å². The lowest BCUT2D eigenvalue weighted by Crippen LogP contribution is -1.76. The SMILES string of the molecule is CCCCc1ccc(-c2sc(-c3cccs3)c3ccccc23)s1. The minimum absolute atomic E-state index is 1.21. The van der Waals surface area contributed by atoms with Gasteiger partial charge in [0.2, 0.25) is 0 Å². The van der Waals surface area contributed by atoms with E-state index in [2.05, 4.69) is 60.8 Å². The van der Waals surface area contributed by atoms with E-state index in [1.807, 2.05) is 34.0 Å². The van der Waals surface area contributed by atoms with Crippen LogP contribution < -0.4 is 0 Å². The van der Waals surface area contributed by atoms with Gasteiger partial charge in [0.05, 0.1) is 9.75 Å². The average molecular weight is 355 g/mol. The third-order valence-electron chi connectivity index (χ3n) is 4.03. The number of rotatable bonds is 5.